The van der Waals surface area contributed by atoms with Crippen LogP contribution in [0.1, 0.15) is 29.6 Å². The highest BCUT2D eigenvalue weighted by atomic mass is 16.5. The first kappa shape index (κ1) is 12.6. The molecule has 0 spiro atoms. The molecule has 7 heteroatoms. The van der Waals surface area contributed by atoms with Crippen molar-refractivity contribution in [2.75, 3.05) is 13.2 Å². The van der Waals surface area contributed by atoms with Crippen LogP contribution in [0.5, 0.6) is 0 Å². The lowest BCUT2D eigenvalue weighted by atomic mass is 9.98. The van der Waals surface area contributed by atoms with Crippen LogP contribution < -0.4 is 5.32 Å². The standard InChI is InChI=1S/C11H14N2O5/c1-2-7-8(12-6-18-7)9(14)13-11(10(15)16)3-4-17-5-11/h6H,2-5H2,1H3,(H,13,14)(H,15,16). The summed E-state index contributed by atoms with van der Waals surface area (Å²) in [6, 6.07) is 0. The van der Waals surface area contributed by atoms with Gasteiger partial charge in [0.15, 0.2) is 17.6 Å². The third kappa shape index (κ3) is 2.08. The van der Waals surface area contributed by atoms with Gasteiger partial charge in [0.25, 0.3) is 5.91 Å². The fourth-order valence-electron chi connectivity index (χ4n) is 1.87. The monoisotopic (exact) mass is 254 g/mol. The maximum atomic E-state index is 12.0. The maximum absolute atomic E-state index is 12.0. The SMILES string of the molecule is CCc1ocnc1C(=O)NC1(C(=O)O)CCOC1. The van der Waals surface area contributed by atoms with Crippen LogP contribution in [0.15, 0.2) is 10.8 Å². The number of nitrogens with zero attached hydrogens (tertiary/aromatic N) is 1. The highest BCUT2D eigenvalue weighted by Gasteiger charge is 2.44. The maximum Gasteiger partial charge on any atom is 0.331 e. The number of carboxylic acid groups (broad SMARTS) is 1. The Hall–Kier alpha value is -1.89. The Morgan fingerprint density at radius 3 is 2.94 bits per heavy atom. The van der Waals surface area contributed by atoms with Crippen LogP contribution in [0.2, 0.25) is 0 Å². The fraction of sp³-hybridized carbons (Fsp3) is 0.545. The number of carboxylic acids is 1. The number of carbonyl (C=O) groups is 2. The van der Waals surface area contributed by atoms with Crippen molar-refractivity contribution in [1.82, 2.24) is 10.3 Å². The van der Waals surface area contributed by atoms with E-state index in [9.17, 15) is 14.7 Å². The second-order valence-corrected chi connectivity index (χ2v) is 4.12. The third-order valence-electron chi connectivity index (χ3n) is 2.96. The van der Waals surface area contributed by atoms with Gasteiger partial charge in [0.1, 0.15) is 5.76 Å². The summed E-state index contributed by atoms with van der Waals surface area (Å²) in [4.78, 5) is 27.1. The van der Waals surface area contributed by atoms with Crippen molar-refractivity contribution in [1.29, 1.82) is 0 Å². The molecule has 0 saturated carbocycles. The minimum Gasteiger partial charge on any atom is -0.479 e. The van der Waals surface area contributed by atoms with Gasteiger partial charge < -0.3 is 19.6 Å². The lowest BCUT2D eigenvalue weighted by Crippen LogP contribution is -2.55. The van der Waals surface area contributed by atoms with E-state index in [0.29, 0.717) is 18.8 Å². The summed E-state index contributed by atoms with van der Waals surface area (Å²) in [5.74, 6) is -1.21. The molecule has 2 heterocycles. The minimum atomic E-state index is -1.36. The molecule has 1 aliphatic heterocycles. The fourth-order valence-corrected chi connectivity index (χ4v) is 1.87. The average molecular weight is 254 g/mol. The van der Waals surface area contributed by atoms with Gasteiger partial charge in [-0.2, -0.15) is 0 Å². The van der Waals surface area contributed by atoms with Crippen molar-refractivity contribution in [2.45, 2.75) is 25.3 Å². The molecule has 1 atom stereocenters. The van der Waals surface area contributed by atoms with E-state index in [1.165, 1.54) is 6.39 Å². The molecule has 0 bridgehead atoms. The van der Waals surface area contributed by atoms with Crippen LogP contribution in [0.3, 0.4) is 0 Å². The van der Waals surface area contributed by atoms with E-state index in [4.69, 9.17) is 9.15 Å². The molecular weight excluding hydrogens is 240 g/mol. The number of ether oxygens (including phenoxy) is 1. The molecule has 18 heavy (non-hydrogen) atoms. The molecule has 1 aromatic rings. The number of aromatic nitrogens is 1. The number of oxazole rings is 1. The van der Waals surface area contributed by atoms with Crippen molar-refractivity contribution in [2.24, 2.45) is 0 Å². The molecule has 0 aromatic carbocycles. The summed E-state index contributed by atoms with van der Waals surface area (Å²) >= 11 is 0. The van der Waals surface area contributed by atoms with E-state index < -0.39 is 17.4 Å². The first-order valence-electron chi connectivity index (χ1n) is 5.65. The van der Waals surface area contributed by atoms with E-state index in [0.717, 1.165) is 0 Å². The second-order valence-electron chi connectivity index (χ2n) is 4.12. The van der Waals surface area contributed by atoms with E-state index in [2.05, 4.69) is 10.3 Å². The lowest BCUT2D eigenvalue weighted by molar-refractivity contribution is -0.144. The van der Waals surface area contributed by atoms with E-state index in [1.807, 2.05) is 6.92 Å². The molecule has 1 unspecified atom stereocenters. The first-order chi connectivity index (χ1) is 8.59. The number of amides is 1. The topological polar surface area (TPSA) is 102 Å². The Morgan fingerprint density at radius 1 is 1.61 bits per heavy atom. The van der Waals surface area contributed by atoms with Gasteiger partial charge in [0.2, 0.25) is 0 Å². The molecule has 1 amide bonds. The highest BCUT2D eigenvalue weighted by molar-refractivity contribution is 5.97. The van der Waals surface area contributed by atoms with Gasteiger partial charge in [-0.1, -0.05) is 6.92 Å². The number of hydrogen-bond donors (Lipinski definition) is 2. The van der Waals surface area contributed by atoms with Gasteiger partial charge in [-0.05, 0) is 0 Å². The predicted molar refractivity (Wildman–Crippen MR) is 59.2 cm³/mol. The Morgan fingerprint density at radius 2 is 2.39 bits per heavy atom. The number of nitrogens with one attached hydrogen (secondary N) is 1. The smallest absolute Gasteiger partial charge is 0.331 e. The molecule has 1 fully saturated rings. The van der Waals surface area contributed by atoms with Crippen molar-refractivity contribution in [3.8, 4) is 0 Å². The van der Waals surface area contributed by atoms with Crippen molar-refractivity contribution in [3.05, 3.63) is 17.8 Å². The summed E-state index contributed by atoms with van der Waals surface area (Å²) in [5, 5.41) is 11.7. The summed E-state index contributed by atoms with van der Waals surface area (Å²) in [6.45, 7) is 2.10. The molecule has 1 saturated heterocycles. The zero-order valence-electron chi connectivity index (χ0n) is 9.93. The zero-order valence-corrected chi connectivity index (χ0v) is 9.93. The number of carbonyl (C=O) groups excluding carboxylic acids is 1. The molecule has 1 aromatic heterocycles. The molecular formula is C11H14N2O5. The van der Waals surface area contributed by atoms with Gasteiger partial charge in [-0.3, -0.25) is 4.79 Å². The molecule has 0 aliphatic carbocycles. The van der Waals surface area contributed by atoms with Gasteiger partial charge in [0, 0.05) is 19.4 Å². The van der Waals surface area contributed by atoms with Gasteiger partial charge in [0.05, 0.1) is 6.61 Å². The summed E-state index contributed by atoms with van der Waals surface area (Å²) < 4.78 is 10.1. The molecule has 7 nitrogen and oxygen atoms in total. The average Bonchev–Trinajstić information content (AvgIpc) is 2.97. The predicted octanol–water partition coefficient (Wildman–Crippen LogP) is 0.210. The lowest BCUT2D eigenvalue weighted by Gasteiger charge is -2.23. The van der Waals surface area contributed by atoms with Crippen molar-refractivity contribution >= 4 is 11.9 Å². The van der Waals surface area contributed by atoms with Crippen molar-refractivity contribution in [3.63, 3.8) is 0 Å². The largest absolute Gasteiger partial charge is 0.479 e. The van der Waals surface area contributed by atoms with Crippen LogP contribution >= 0.6 is 0 Å². The van der Waals surface area contributed by atoms with E-state index in [1.54, 1.807) is 0 Å². The van der Waals surface area contributed by atoms with Crippen LogP contribution in [0.25, 0.3) is 0 Å². The van der Waals surface area contributed by atoms with Gasteiger partial charge in [-0.25, -0.2) is 9.78 Å². The van der Waals surface area contributed by atoms with Crippen LogP contribution in [-0.2, 0) is 16.0 Å². The molecule has 2 rings (SSSR count). The number of rotatable bonds is 4. The Kier molecular flexibility index (Phi) is 3.33. The van der Waals surface area contributed by atoms with Crippen molar-refractivity contribution < 1.29 is 23.8 Å². The Labute approximate surface area is 103 Å². The number of aliphatic carboxylic acids is 1. The number of aryl methyl sites for hydroxylation is 1. The second kappa shape index (κ2) is 4.77. The summed E-state index contributed by atoms with van der Waals surface area (Å²) in [6.07, 6.45) is 1.93. The normalized spacial score (nSPS) is 22.9. The molecule has 1 aliphatic rings. The highest BCUT2D eigenvalue weighted by Crippen LogP contribution is 2.20. The first-order valence-corrected chi connectivity index (χ1v) is 5.65. The van der Waals surface area contributed by atoms with E-state index in [-0.39, 0.29) is 18.7 Å². The van der Waals surface area contributed by atoms with Gasteiger partial charge in [-0.15, -0.1) is 0 Å². The number of hydrogen-bond acceptors (Lipinski definition) is 5. The molecule has 0 radical (unpaired) electrons. The van der Waals surface area contributed by atoms with Gasteiger partial charge >= 0.3 is 5.97 Å². The molecule has 2 N–H and O–H groups in total. The zero-order chi connectivity index (χ0) is 13.2. The molecule has 98 valence electrons. The van der Waals surface area contributed by atoms with Crippen LogP contribution in [0, 0.1) is 0 Å². The third-order valence-corrected chi connectivity index (χ3v) is 2.96. The van der Waals surface area contributed by atoms with Crippen LogP contribution in [0.4, 0.5) is 0 Å². The summed E-state index contributed by atoms with van der Waals surface area (Å²) in [5.41, 5.74) is -1.23. The Bertz CT molecular complexity index is 462. The minimum absolute atomic E-state index is 0.0343. The quantitative estimate of drug-likeness (QED) is 0.796. The summed E-state index contributed by atoms with van der Waals surface area (Å²) in [7, 11) is 0. The Balaban J connectivity index is 2.18. The van der Waals surface area contributed by atoms with E-state index >= 15 is 0 Å². The van der Waals surface area contributed by atoms with Crippen LogP contribution in [-0.4, -0.2) is 40.7 Å².